The van der Waals surface area contributed by atoms with E-state index in [1.165, 1.54) is 11.1 Å². The minimum atomic E-state index is -3.97. The zero-order valence-electron chi connectivity index (χ0n) is 21.0. The number of hydrogen-bond donors (Lipinski definition) is 0. The molecule has 0 unspecified atom stereocenters. The maximum atomic E-state index is 14.0. The summed E-state index contributed by atoms with van der Waals surface area (Å²) in [6, 6.07) is 18.1. The van der Waals surface area contributed by atoms with Crippen LogP contribution in [0.2, 0.25) is 0 Å². The van der Waals surface area contributed by atoms with Crippen LogP contribution in [-0.2, 0) is 21.2 Å². The van der Waals surface area contributed by atoms with Gasteiger partial charge >= 0.3 is 5.97 Å². The van der Waals surface area contributed by atoms with Crippen LogP contribution in [0.1, 0.15) is 85.2 Å². The fourth-order valence-electron chi connectivity index (χ4n) is 4.34. The van der Waals surface area contributed by atoms with Crippen molar-refractivity contribution in [2.24, 2.45) is 0 Å². The molecule has 1 aromatic heterocycles. The Labute approximate surface area is 209 Å². The fraction of sp³-hybridized carbons (Fsp3) is 0.345. The Balaban J connectivity index is 2.34. The van der Waals surface area contributed by atoms with Gasteiger partial charge in [0.25, 0.3) is 10.0 Å². The maximum absolute atomic E-state index is 14.0. The van der Waals surface area contributed by atoms with Crippen LogP contribution < -0.4 is 0 Å². The lowest BCUT2D eigenvalue weighted by atomic mass is 9.97. The molecule has 0 amide bonds. The number of ether oxygens (including phenoxy) is 1. The van der Waals surface area contributed by atoms with Gasteiger partial charge < -0.3 is 4.74 Å². The van der Waals surface area contributed by atoms with Crippen LogP contribution >= 0.6 is 0 Å². The highest BCUT2D eigenvalue weighted by molar-refractivity contribution is 7.90. The standard InChI is InChI=1S/C29H35NO4S/c1-5-6-7-14-19-25-26(21-20-23-15-10-8-11-16-23)30(28(22(2)3)27(25)29(31)34-4)35(32,33)24-17-12-9-13-18-24/h8-13,15-18,20-22H,5-7,14,19H2,1-4H3/b21-20+. The van der Waals surface area contributed by atoms with Gasteiger partial charge in [-0.15, -0.1) is 0 Å². The summed E-state index contributed by atoms with van der Waals surface area (Å²) in [6.45, 7) is 5.96. The molecule has 3 rings (SSSR count). The van der Waals surface area contributed by atoms with E-state index in [9.17, 15) is 13.2 Å². The number of benzene rings is 2. The molecule has 0 N–H and O–H groups in total. The molecule has 0 saturated carbocycles. The Hall–Kier alpha value is -3.12. The third-order valence-corrected chi connectivity index (χ3v) is 7.78. The van der Waals surface area contributed by atoms with Crippen LogP contribution in [0.25, 0.3) is 12.2 Å². The van der Waals surface area contributed by atoms with Crippen molar-refractivity contribution in [3.63, 3.8) is 0 Å². The summed E-state index contributed by atoms with van der Waals surface area (Å²) in [5.74, 6) is -0.730. The molecule has 0 spiro atoms. The molecule has 0 radical (unpaired) electrons. The van der Waals surface area contributed by atoms with Crippen LogP contribution in [0.3, 0.4) is 0 Å². The molecule has 2 aromatic carbocycles. The predicted octanol–water partition coefficient (Wildman–Crippen LogP) is 6.93. The van der Waals surface area contributed by atoms with E-state index in [0.717, 1.165) is 36.8 Å². The largest absolute Gasteiger partial charge is 0.465 e. The molecular weight excluding hydrogens is 458 g/mol. The van der Waals surface area contributed by atoms with Gasteiger partial charge in [0.05, 0.1) is 29.0 Å². The minimum Gasteiger partial charge on any atom is -0.465 e. The number of carbonyl (C=O) groups excluding carboxylic acids is 1. The highest BCUT2D eigenvalue weighted by atomic mass is 32.2. The van der Waals surface area contributed by atoms with Crippen LogP contribution in [0.15, 0.2) is 65.6 Å². The lowest BCUT2D eigenvalue weighted by Crippen LogP contribution is -2.19. The third-order valence-electron chi connectivity index (χ3n) is 6.04. The average Bonchev–Trinajstić information content (AvgIpc) is 3.21. The summed E-state index contributed by atoms with van der Waals surface area (Å²) < 4.78 is 34.6. The number of nitrogens with zero attached hydrogens (tertiary/aromatic N) is 1. The van der Waals surface area contributed by atoms with E-state index >= 15 is 0 Å². The quantitative estimate of drug-likeness (QED) is 0.215. The molecule has 0 bridgehead atoms. The first kappa shape index (κ1) is 26.5. The Morgan fingerprint density at radius 1 is 0.943 bits per heavy atom. The van der Waals surface area contributed by atoms with Crippen LogP contribution in [-0.4, -0.2) is 25.5 Å². The van der Waals surface area contributed by atoms with Gasteiger partial charge in [-0.3, -0.25) is 0 Å². The van der Waals surface area contributed by atoms with E-state index in [-0.39, 0.29) is 10.8 Å². The van der Waals surface area contributed by atoms with Gasteiger partial charge in [0, 0.05) is 0 Å². The van der Waals surface area contributed by atoms with Gasteiger partial charge in [0.15, 0.2) is 0 Å². The molecule has 3 aromatic rings. The van der Waals surface area contributed by atoms with E-state index in [1.807, 2.05) is 56.3 Å². The lowest BCUT2D eigenvalue weighted by Gasteiger charge is -2.16. The van der Waals surface area contributed by atoms with Gasteiger partial charge in [-0.2, -0.15) is 0 Å². The number of aromatic nitrogens is 1. The first-order chi connectivity index (χ1) is 16.8. The molecule has 6 heteroatoms. The molecule has 0 fully saturated rings. The van der Waals surface area contributed by atoms with Crippen LogP contribution in [0, 0.1) is 0 Å². The van der Waals surface area contributed by atoms with Crippen molar-refractivity contribution in [3.8, 4) is 0 Å². The molecule has 0 aliphatic carbocycles. The number of hydrogen-bond acceptors (Lipinski definition) is 4. The van der Waals surface area contributed by atoms with E-state index in [1.54, 1.807) is 30.3 Å². The Morgan fingerprint density at radius 3 is 2.14 bits per heavy atom. The summed E-state index contributed by atoms with van der Waals surface area (Å²) in [6.07, 6.45) is 8.35. The van der Waals surface area contributed by atoms with Crippen molar-refractivity contribution in [2.45, 2.75) is 63.7 Å². The van der Waals surface area contributed by atoms with Crippen molar-refractivity contribution in [1.82, 2.24) is 3.97 Å². The van der Waals surface area contributed by atoms with E-state index in [2.05, 4.69) is 6.92 Å². The highest BCUT2D eigenvalue weighted by Crippen LogP contribution is 2.35. The first-order valence-electron chi connectivity index (χ1n) is 12.2. The Morgan fingerprint density at radius 2 is 1.57 bits per heavy atom. The molecule has 0 aliphatic rings. The van der Waals surface area contributed by atoms with Crippen molar-refractivity contribution in [3.05, 3.63) is 88.7 Å². The van der Waals surface area contributed by atoms with Gasteiger partial charge in [0.1, 0.15) is 0 Å². The van der Waals surface area contributed by atoms with Gasteiger partial charge in [-0.25, -0.2) is 17.2 Å². The average molecular weight is 494 g/mol. The zero-order valence-corrected chi connectivity index (χ0v) is 21.8. The van der Waals surface area contributed by atoms with Crippen molar-refractivity contribution < 1.29 is 17.9 Å². The number of unbranched alkanes of at least 4 members (excludes halogenated alkanes) is 3. The van der Waals surface area contributed by atoms with Gasteiger partial charge in [0.2, 0.25) is 0 Å². The normalized spacial score (nSPS) is 11.9. The van der Waals surface area contributed by atoms with E-state index in [4.69, 9.17) is 4.74 Å². The Kier molecular flexibility index (Phi) is 9.10. The highest BCUT2D eigenvalue weighted by Gasteiger charge is 2.34. The van der Waals surface area contributed by atoms with Gasteiger partial charge in [-0.1, -0.05) is 94.6 Å². The van der Waals surface area contributed by atoms with Crippen LogP contribution in [0.4, 0.5) is 0 Å². The van der Waals surface area contributed by atoms with Crippen molar-refractivity contribution in [2.75, 3.05) is 7.11 Å². The second-order valence-corrected chi connectivity index (χ2v) is 10.7. The molecule has 5 nitrogen and oxygen atoms in total. The van der Waals surface area contributed by atoms with Gasteiger partial charge in [-0.05, 0) is 48.1 Å². The number of methoxy groups -OCH3 is 1. The number of carbonyl (C=O) groups is 1. The lowest BCUT2D eigenvalue weighted by molar-refractivity contribution is 0.0598. The molecule has 1 heterocycles. The third kappa shape index (κ3) is 5.93. The summed E-state index contributed by atoms with van der Waals surface area (Å²) in [4.78, 5) is 13.3. The molecule has 0 saturated heterocycles. The summed E-state index contributed by atoms with van der Waals surface area (Å²) in [5.41, 5.74) is 3.01. The molecule has 0 aliphatic heterocycles. The first-order valence-corrected chi connectivity index (χ1v) is 13.7. The minimum absolute atomic E-state index is 0.181. The van der Waals surface area contributed by atoms with E-state index < -0.39 is 16.0 Å². The monoisotopic (exact) mass is 493 g/mol. The van der Waals surface area contributed by atoms with E-state index in [0.29, 0.717) is 23.4 Å². The predicted molar refractivity (Wildman–Crippen MR) is 142 cm³/mol. The summed E-state index contributed by atoms with van der Waals surface area (Å²) in [7, 11) is -2.63. The SMILES string of the molecule is CCCCCCc1c(C(=O)OC)c(C(C)C)n(S(=O)(=O)c2ccccc2)c1/C=C/c1ccccc1. The summed E-state index contributed by atoms with van der Waals surface area (Å²) >= 11 is 0. The molecule has 186 valence electrons. The van der Waals surface area contributed by atoms with Crippen LogP contribution in [0.5, 0.6) is 0 Å². The van der Waals surface area contributed by atoms with Crippen molar-refractivity contribution in [1.29, 1.82) is 0 Å². The second-order valence-electron chi connectivity index (χ2n) is 8.91. The smallest absolute Gasteiger partial charge is 0.340 e. The molecular formula is C29H35NO4S. The second kappa shape index (κ2) is 12.0. The Bertz CT molecular complexity index is 1260. The molecule has 0 atom stereocenters. The summed E-state index contributed by atoms with van der Waals surface area (Å²) in [5, 5.41) is 0. The number of rotatable bonds is 11. The maximum Gasteiger partial charge on any atom is 0.340 e. The topological polar surface area (TPSA) is 65.4 Å². The fourth-order valence-corrected chi connectivity index (χ4v) is 6.04. The van der Waals surface area contributed by atoms with Crippen molar-refractivity contribution >= 4 is 28.1 Å². The zero-order chi connectivity index (χ0) is 25.4. The number of esters is 1. The molecule has 35 heavy (non-hydrogen) atoms.